The zero-order valence-electron chi connectivity index (χ0n) is 14.7. The summed E-state index contributed by atoms with van der Waals surface area (Å²) in [6.07, 6.45) is 0.925. The zero-order chi connectivity index (χ0) is 18.2. The quantitative estimate of drug-likeness (QED) is 0.507. The summed E-state index contributed by atoms with van der Waals surface area (Å²) in [4.78, 5) is 21.3. The number of carbonyl (C=O) groups is 1. The number of rotatable bonds is 3. The largest absolute Gasteiger partial charge is 0.385 e. The van der Waals surface area contributed by atoms with Crippen LogP contribution < -0.4 is 0 Å². The van der Waals surface area contributed by atoms with Crippen LogP contribution in [0, 0.1) is 0 Å². The van der Waals surface area contributed by atoms with Crippen molar-refractivity contribution in [3.63, 3.8) is 0 Å². The van der Waals surface area contributed by atoms with Crippen LogP contribution in [0.25, 0.3) is 11.1 Å². The summed E-state index contributed by atoms with van der Waals surface area (Å²) in [6, 6.07) is 18.4. The fraction of sp³-hybridized carbons (Fsp3) is 0.182. The Hall–Kier alpha value is -2.92. The van der Waals surface area contributed by atoms with Crippen molar-refractivity contribution >= 4 is 23.0 Å². The van der Waals surface area contributed by atoms with E-state index in [-0.39, 0.29) is 12.5 Å². The van der Waals surface area contributed by atoms with E-state index in [2.05, 4.69) is 28.7 Å². The average molecular weight is 374 g/mol. The zero-order valence-corrected chi connectivity index (χ0v) is 15.5. The van der Waals surface area contributed by atoms with Crippen molar-refractivity contribution < 1.29 is 9.63 Å². The molecule has 1 aromatic heterocycles. The van der Waals surface area contributed by atoms with Crippen molar-refractivity contribution in [2.75, 3.05) is 13.2 Å². The minimum Gasteiger partial charge on any atom is -0.385 e. The maximum absolute atomic E-state index is 12.5. The Bertz CT molecular complexity index is 1010. The second kappa shape index (κ2) is 6.67. The number of hydrogen-bond donors (Lipinski definition) is 0. The molecule has 5 rings (SSSR count). The van der Waals surface area contributed by atoms with E-state index in [0.717, 1.165) is 40.9 Å². The Labute approximate surface area is 161 Å². The van der Waals surface area contributed by atoms with Crippen molar-refractivity contribution in [3.8, 4) is 11.1 Å². The third kappa shape index (κ3) is 2.84. The molecule has 0 radical (unpaired) electrons. The van der Waals surface area contributed by atoms with Gasteiger partial charge in [0.15, 0.2) is 6.61 Å². The first-order chi connectivity index (χ1) is 13.3. The van der Waals surface area contributed by atoms with Crippen LogP contribution >= 0.6 is 11.3 Å². The molecule has 2 heterocycles. The summed E-state index contributed by atoms with van der Waals surface area (Å²) in [6.45, 7) is 1.38. The highest BCUT2D eigenvalue weighted by Crippen LogP contribution is 2.36. The highest BCUT2D eigenvalue weighted by Gasteiger charge is 2.25. The molecule has 3 aromatic rings. The molecular weight excluding hydrogens is 356 g/mol. The SMILES string of the molecule is O=C(CON=C1c2ccccc2-c2ccccc21)N1CCc2sccc2C1. The fourth-order valence-electron chi connectivity index (χ4n) is 3.80. The minimum absolute atomic E-state index is 0.0178. The van der Waals surface area contributed by atoms with E-state index in [4.69, 9.17) is 4.84 Å². The van der Waals surface area contributed by atoms with Crippen LogP contribution in [0.2, 0.25) is 0 Å². The molecule has 0 N–H and O–H groups in total. The highest BCUT2D eigenvalue weighted by atomic mass is 32.1. The lowest BCUT2D eigenvalue weighted by Gasteiger charge is -2.26. The van der Waals surface area contributed by atoms with Crippen LogP contribution in [-0.2, 0) is 22.6 Å². The lowest BCUT2D eigenvalue weighted by molar-refractivity contribution is -0.137. The monoisotopic (exact) mass is 374 g/mol. The Morgan fingerprint density at radius 2 is 1.67 bits per heavy atom. The first-order valence-corrected chi connectivity index (χ1v) is 9.91. The van der Waals surface area contributed by atoms with Crippen molar-refractivity contribution in [1.82, 2.24) is 4.90 Å². The van der Waals surface area contributed by atoms with Crippen molar-refractivity contribution in [2.45, 2.75) is 13.0 Å². The van der Waals surface area contributed by atoms with Gasteiger partial charge >= 0.3 is 0 Å². The number of benzene rings is 2. The van der Waals surface area contributed by atoms with Crippen molar-refractivity contribution in [2.24, 2.45) is 5.16 Å². The minimum atomic E-state index is -0.0344. The molecule has 0 unspecified atom stereocenters. The van der Waals surface area contributed by atoms with Gasteiger partial charge in [-0.25, -0.2) is 0 Å². The molecule has 0 saturated carbocycles. The van der Waals surface area contributed by atoms with Crippen LogP contribution in [-0.4, -0.2) is 29.7 Å². The second-order valence-corrected chi connectivity index (χ2v) is 7.74. The molecule has 0 saturated heterocycles. The van der Waals surface area contributed by atoms with Gasteiger partial charge in [-0.2, -0.15) is 0 Å². The van der Waals surface area contributed by atoms with E-state index in [9.17, 15) is 4.79 Å². The molecular formula is C22H18N2O2S. The normalized spacial score (nSPS) is 14.4. The number of thiophene rings is 1. The Kier molecular flexibility index (Phi) is 4.02. The van der Waals surface area contributed by atoms with Crippen molar-refractivity contribution in [3.05, 3.63) is 81.5 Å². The predicted molar refractivity (Wildman–Crippen MR) is 107 cm³/mol. The molecule has 5 heteroatoms. The van der Waals surface area contributed by atoms with Gasteiger partial charge in [0, 0.05) is 29.1 Å². The molecule has 0 atom stereocenters. The predicted octanol–water partition coefficient (Wildman–Crippen LogP) is 4.08. The van der Waals surface area contributed by atoms with Crippen LogP contribution in [0.3, 0.4) is 0 Å². The van der Waals surface area contributed by atoms with Crippen LogP contribution in [0.1, 0.15) is 21.6 Å². The van der Waals surface area contributed by atoms with Gasteiger partial charge in [-0.05, 0) is 34.6 Å². The lowest BCUT2D eigenvalue weighted by Crippen LogP contribution is -2.37. The van der Waals surface area contributed by atoms with E-state index in [1.54, 1.807) is 11.3 Å². The van der Waals surface area contributed by atoms with E-state index < -0.39 is 0 Å². The highest BCUT2D eigenvalue weighted by molar-refractivity contribution is 7.10. The standard InChI is InChI=1S/C22H18N2O2S/c25-21(24-11-9-20-15(13-24)10-12-27-20)14-26-23-22-18-7-3-1-5-16(18)17-6-2-4-8-19(17)22/h1-8,10,12H,9,11,13-14H2. The smallest absolute Gasteiger partial charge is 0.263 e. The van der Waals surface area contributed by atoms with Gasteiger partial charge in [-0.15, -0.1) is 11.3 Å². The van der Waals surface area contributed by atoms with Gasteiger partial charge in [-0.1, -0.05) is 53.7 Å². The van der Waals surface area contributed by atoms with E-state index in [0.29, 0.717) is 6.54 Å². The number of carbonyl (C=O) groups excluding carboxylic acids is 1. The number of nitrogens with zero attached hydrogens (tertiary/aromatic N) is 2. The van der Waals surface area contributed by atoms with Crippen LogP contribution in [0.15, 0.2) is 65.1 Å². The summed E-state index contributed by atoms with van der Waals surface area (Å²) >= 11 is 1.77. The molecule has 1 aliphatic heterocycles. The Balaban J connectivity index is 1.32. The molecule has 1 amide bonds. The van der Waals surface area contributed by atoms with Gasteiger partial charge in [0.1, 0.15) is 5.71 Å². The van der Waals surface area contributed by atoms with Gasteiger partial charge in [0.25, 0.3) is 5.91 Å². The number of fused-ring (bicyclic) bond motifs is 4. The molecule has 4 nitrogen and oxygen atoms in total. The molecule has 1 aliphatic carbocycles. The molecule has 0 fully saturated rings. The van der Waals surface area contributed by atoms with Crippen LogP contribution in [0.4, 0.5) is 0 Å². The van der Waals surface area contributed by atoms with Gasteiger partial charge < -0.3 is 9.74 Å². The third-order valence-corrected chi connectivity index (χ3v) is 6.18. The van der Waals surface area contributed by atoms with Gasteiger partial charge in [0.05, 0.1) is 0 Å². The van der Waals surface area contributed by atoms with Crippen molar-refractivity contribution in [1.29, 1.82) is 0 Å². The molecule has 0 bridgehead atoms. The van der Waals surface area contributed by atoms with E-state index in [1.807, 2.05) is 41.3 Å². The maximum atomic E-state index is 12.5. The molecule has 27 heavy (non-hydrogen) atoms. The lowest BCUT2D eigenvalue weighted by atomic mass is 10.1. The molecule has 134 valence electrons. The number of oxime groups is 1. The summed E-state index contributed by atoms with van der Waals surface area (Å²) in [7, 11) is 0. The topological polar surface area (TPSA) is 41.9 Å². The fourth-order valence-corrected chi connectivity index (χ4v) is 4.69. The third-order valence-electron chi connectivity index (χ3n) is 5.16. The van der Waals surface area contributed by atoms with Gasteiger partial charge in [-0.3, -0.25) is 4.79 Å². The molecule has 2 aliphatic rings. The summed E-state index contributed by atoms with van der Waals surface area (Å²) < 4.78 is 0. The second-order valence-electron chi connectivity index (χ2n) is 6.74. The average Bonchev–Trinajstić information content (AvgIpc) is 3.30. The van der Waals surface area contributed by atoms with E-state index in [1.165, 1.54) is 10.4 Å². The molecule has 0 spiro atoms. The van der Waals surface area contributed by atoms with E-state index >= 15 is 0 Å². The van der Waals surface area contributed by atoms with Crippen LogP contribution in [0.5, 0.6) is 0 Å². The number of amides is 1. The Morgan fingerprint density at radius 3 is 2.37 bits per heavy atom. The first kappa shape index (κ1) is 16.3. The summed E-state index contributed by atoms with van der Waals surface area (Å²) in [5.41, 5.74) is 6.46. The summed E-state index contributed by atoms with van der Waals surface area (Å²) in [5, 5.41) is 6.44. The summed E-state index contributed by atoms with van der Waals surface area (Å²) in [5.74, 6) is -0.0178. The maximum Gasteiger partial charge on any atom is 0.263 e. The Morgan fingerprint density at radius 1 is 1.00 bits per heavy atom. The van der Waals surface area contributed by atoms with Gasteiger partial charge in [0.2, 0.25) is 0 Å². The molecule has 2 aromatic carbocycles. The number of hydrogen-bond acceptors (Lipinski definition) is 4. The first-order valence-electron chi connectivity index (χ1n) is 9.03.